The zero-order chi connectivity index (χ0) is 15.2. The van der Waals surface area contributed by atoms with Crippen molar-refractivity contribution in [2.75, 3.05) is 18.9 Å². The quantitative estimate of drug-likeness (QED) is 0.859. The molecule has 0 bridgehead atoms. The van der Waals surface area contributed by atoms with E-state index >= 15 is 0 Å². The van der Waals surface area contributed by atoms with Crippen molar-refractivity contribution >= 4 is 24.0 Å². The van der Waals surface area contributed by atoms with Crippen molar-refractivity contribution in [3.8, 4) is 0 Å². The fourth-order valence-electron chi connectivity index (χ4n) is 2.26. The van der Waals surface area contributed by atoms with Crippen LogP contribution in [-0.4, -0.2) is 29.1 Å². The molecule has 0 aliphatic carbocycles. The standard InChI is InChI=1S/C16H22N4O.ClH/c1-12(2)16-18-7-8-20(16)11-13-5-4-6-14(9-13)19-15(21)10-17-3;/h4-9,12,17H,10-11H2,1-3H3,(H,19,21);1H. The summed E-state index contributed by atoms with van der Waals surface area (Å²) in [4.78, 5) is 16.0. The lowest BCUT2D eigenvalue weighted by Crippen LogP contribution is -2.25. The molecule has 22 heavy (non-hydrogen) atoms. The van der Waals surface area contributed by atoms with Gasteiger partial charge in [0.1, 0.15) is 5.82 Å². The first-order valence-corrected chi connectivity index (χ1v) is 7.14. The number of imidazole rings is 1. The third-order valence-corrected chi connectivity index (χ3v) is 3.17. The van der Waals surface area contributed by atoms with Crippen LogP contribution in [0.15, 0.2) is 36.7 Å². The number of carbonyl (C=O) groups is 1. The van der Waals surface area contributed by atoms with Gasteiger partial charge < -0.3 is 15.2 Å². The number of carbonyl (C=O) groups excluding carboxylic acids is 1. The van der Waals surface area contributed by atoms with Crippen LogP contribution in [0.25, 0.3) is 0 Å². The zero-order valence-corrected chi connectivity index (χ0v) is 14.0. The molecule has 2 aromatic rings. The Morgan fingerprint density at radius 1 is 1.36 bits per heavy atom. The molecule has 0 unspecified atom stereocenters. The van der Waals surface area contributed by atoms with Crippen LogP contribution in [0, 0.1) is 0 Å². The molecule has 0 fully saturated rings. The minimum absolute atomic E-state index is 0. The van der Waals surface area contributed by atoms with Crippen LogP contribution < -0.4 is 10.6 Å². The zero-order valence-electron chi connectivity index (χ0n) is 13.2. The molecular formula is C16H23ClN4O. The van der Waals surface area contributed by atoms with Gasteiger partial charge in [-0.25, -0.2) is 4.98 Å². The van der Waals surface area contributed by atoms with Crippen molar-refractivity contribution in [3.63, 3.8) is 0 Å². The SMILES string of the molecule is CNCC(=O)Nc1cccc(Cn2ccnc2C(C)C)c1.Cl. The van der Waals surface area contributed by atoms with E-state index in [-0.39, 0.29) is 18.3 Å². The lowest BCUT2D eigenvalue weighted by atomic mass is 10.1. The Morgan fingerprint density at radius 2 is 2.14 bits per heavy atom. The number of anilines is 1. The first kappa shape index (κ1) is 18.2. The highest BCUT2D eigenvalue weighted by Crippen LogP contribution is 2.16. The van der Waals surface area contributed by atoms with Gasteiger partial charge in [0.15, 0.2) is 0 Å². The summed E-state index contributed by atoms with van der Waals surface area (Å²) in [6, 6.07) is 7.90. The first-order valence-electron chi connectivity index (χ1n) is 7.14. The maximum atomic E-state index is 11.6. The van der Waals surface area contributed by atoms with Gasteiger partial charge in [-0.05, 0) is 24.7 Å². The third kappa shape index (κ3) is 4.86. The van der Waals surface area contributed by atoms with E-state index in [1.54, 1.807) is 7.05 Å². The van der Waals surface area contributed by atoms with E-state index in [1.165, 1.54) is 0 Å². The monoisotopic (exact) mass is 322 g/mol. The van der Waals surface area contributed by atoms with E-state index < -0.39 is 0 Å². The molecule has 2 N–H and O–H groups in total. The van der Waals surface area contributed by atoms with Crippen molar-refractivity contribution in [3.05, 3.63) is 48.0 Å². The Labute approximate surface area is 137 Å². The number of nitrogens with zero attached hydrogens (tertiary/aromatic N) is 2. The highest BCUT2D eigenvalue weighted by molar-refractivity contribution is 5.92. The second kappa shape index (κ2) is 8.56. The predicted molar refractivity (Wildman–Crippen MR) is 91.7 cm³/mol. The van der Waals surface area contributed by atoms with Crippen molar-refractivity contribution in [1.82, 2.24) is 14.9 Å². The van der Waals surface area contributed by atoms with Gasteiger partial charge in [0.2, 0.25) is 5.91 Å². The van der Waals surface area contributed by atoms with Gasteiger partial charge in [-0.15, -0.1) is 12.4 Å². The largest absolute Gasteiger partial charge is 0.330 e. The van der Waals surface area contributed by atoms with Crippen molar-refractivity contribution in [2.24, 2.45) is 0 Å². The summed E-state index contributed by atoms with van der Waals surface area (Å²) >= 11 is 0. The number of halogens is 1. The molecule has 120 valence electrons. The van der Waals surface area contributed by atoms with Crippen LogP contribution in [0.2, 0.25) is 0 Å². The van der Waals surface area contributed by atoms with Gasteiger partial charge in [-0.2, -0.15) is 0 Å². The molecule has 2 rings (SSSR count). The minimum atomic E-state index is -0.0415. The Morgan fingerprint density at radius 3 is 2.82 bits per heavy atom. The summed E-state index contributed by atoms with van der Waals surface area (Å²) in [5, 5.41) is 5.71. The molecule has 0 saturated heterocycles. The normalized spacial score (nSPS) is 10.4. The molecule has 1 aromatic heterocycles. The average molecular weight is 323 g/mol. The Bertz CT molecular complexity index is 610. The van der Waals surface area contributed by atoms with Crippen LogP contribution in [0.3, 0.4) is 0 Å². The summed E-state index contributed by atoms with van der Waals surface area (Å²) in [5.41, 5.74) is 1.95. The lowest BCUT2D eigenvalue weighted by Gasteiger charge is -2.12. The highest BCUT2D eigenvalue weighted by atomic mass is 35.5. The Kier molecular flexibility index (Phi) is 7.08. The van der Waals surface area contributed by atoms with Gasteiger partial charge in [0.05, 0.1) is 6.54 Å². The number of benzene rings is 1. The molecule has 0 aliphatic rings. The van der Waals surface area contributed by atoms with Gasteiger partial charge in [0.25, 0.3) is 0 Å². The maximum Gasteiger partial charge on any atom is 0.238 e. The summed E-state index contributed by atoms with van der Waals surface area (Å²) in [7, 11) is 1.75. The number of amides is 1. The highest BCUT2D eigenvalue weighted by Gasteiger charge is 2.08. The fraction of sp³-hybridized carbons (Fsp3) is 0.375. The predicted octanol–water partition coefficient (Wildman–Crippen LogP) is 2.63. The molecule has 1 heterocycles. The van der Waals surface area contributed by atoms with E-state index in [1.807, 2.05) is 30.6 Å². The molecular weight excluding hydrogens is 300 g/mol. The molecule has 5 nitrogen and oxygen atoms in total. The number of rotatable bonds is 6. The molecule has 1 amide bonds. The van der Waals surface area contributed by atoms with Crippen LogP contribution in [0.5, 0.6) is 0 Å². The van der Waals surface area contributed by atoms with E-state index in [4.69, 9.17) is 0 Å². The van der Waals surface area contributed by atoms with Gasteiger partial charge in [-0.1, -0.05) is 26.0 Å². The second-order valence-electron chi connectivity index (χ2n) is 5.35. The number of likely N-dealkylation sites (N-methyl/N-ethyl adjacent to an activating group) is 1. The van der Waals surface area contributed by atoms with E-state index in [2.05, 4.69) is 40.1 Å². The van der Waals surface area contributed by atoms with E-state index in [9.17, 15) is 4.79 Å². The topological polar surface area (TPSA) is 59.0 Å². The number of nitrogens with one attached hydrogen (secondary N) is 2. The molecule has 0 saturated carbocycles. The number of hydrogen-bond acceptors (Lipinski definition) is 3. The molecule has 0 aliphatic heterocycles. The van der Waals surface area contributed by atoms with Crippen molar-refractivity contribution in [1.29, 1.82) is 0 Å². The molecule has 6 heteroatoms. The smallest absolute Gasteiger partial charge is 0.238 e. The minimum Gasteiger partial charge on any atom is -0.330 e. The molecule has 1 aromatic carbocycles. The van der Waals surface area contributed by atoms with Crippen molar-refractivity contribution in [2.45, 2.75) is 26.3 Å². The Balaban J connectivity index is 0.00000242. The number of hydrogen-bond donors (Lipinski definition) is 2. The molecule has 0 radical (unpaired) electrons. The number of aromatic nitrogens is 2. The first-order chi connectivity index (χ1) is 10.1. The van der Waals surface area contributed by atoms with E-state index in [0.29, 0.717) is 12.5 Å². The lowest BCUT2D eigenvalue weighted by molar-refractivity contribution is -0.115. The summed E-state index contributed by atoms with van der Waals surface area (Å²) in [6.45, 7) is 5.33. The fourth-order valence-corrected chi connectivity index (χ4v) is 2.26. The molecule has 0 atom stereocenters. The summed E-state index contributed by atoms with van der Waals surface area (Å²) in [5.74, 6) is 1.42. The van der Waals surface area contributed by atoms with Crippen LogP contribution >= 0.6 is 12.4 Å². The van der Waals surface area contributed by atoms with Gasteiger partial charge in [0, 0.05) is 30.5 Å². The molecule has 0 spiro atoms. The Hall–Kier alpha value is -1.85. The average Bonchev–Trinajstić information content (AvgIpc) is 2.87. The van der Waals surface area contributed by atoms with E-state index in [0.717, 1.165) is 23.6 Å². The maximum absolute atomic E-state index is 11.6. The summed E-state index contributed by atoms with van der Waals surface area (Å²) in [6.07, 6.45) is 3.81. The summed E-state index contributed by atoms with van der Waals surface area (Å²) < 4.78 is 2.14. The third-order valence-electron chi connectivity index (χ3n) is 3.17. The second-order valence-corrected chi connectivity index (χ2v) is 5.35. The van der Waals surface area contributed by atoms with Gasteiger partial charge in [-0.3, -0.25) is 4.79 Å². The van der Waals surface area contributed by atoms with Crippen LogP contribution in [0.1, 0.15) is 31.2 Å². The van der Waals surface area contributed by atoms with Gasteiger partial charge >= 0.3 is 0 Å². The van der Waals surface area contributed by atoms with Crippen LogP contribution in [0.4, 0.5) is 5.69 Å². The van der Waals surface area contributed by atoms with Crippen LogP contribution in [-0.2, 0) is 11.3 Å². The van der Waals surface area contributed by atoms with Crippen molar-refractivity contribution < 1.29 is 4.79 Å².